The second kappa shape index (κ2) is 3.86. The summed E-state index contributed by atoms with van der Waals surface area (Å²) in [5.74, 6) is 2.56. The molecule has 1 aromatic carbocycles. The third-order valence-corrected chi connectivity index (χ3v) is 2.89. The van der Waals surface area contributed by atoms with Crippen LogP contribution in [0.3, 0.4) is 0 Å². The van der Waals surface area contributed by atoms with Gasteiger partial charge >= 0.3 is 0 Å². The van der Waals surface area contributed by atoms with Gasteiger partial charge in [-0.3, -0.25) is 4.79 Å². The average Bonchev–Trinajstić information content (AvgIpc) is 2.32. The SMILES string of the molecule is C#Cc1cccc2cc(CC)n(C)c(=O)c12. The van der Waals surface area contributed by atoms with Crippen LogP contribution in [0.5, 0.6) is 0 Å². The number of aromatic nitrogens is 1. The van der Waals surface area contributed by atoms with Gasteiger partial charge in [-0.15, -0.1) is 6.42 Å². The Morgan fingerprint density at radius 2 is 2.19 bits per heavy atom. The Labute approximate surface area is 94.5 Å². The molecule has 2 heteroatoms. The molecule has 80 valence electrons. The van der Waals surface area contributed by atoms with Crippen LogP contribution in [0, 0.1) is 12.3 Å². The van der Waals surface area contributed by atoms with Crippen molar-refractivity contribution >= 4 is 10.8 Å². The summed E-state index contributed by atoms with van der Waals surface area (Å²) in [7, 11) is 1.79. The van der Waals surface area contributed by atoms with Crippen molar-refractivity contribution in [2.24, 2.45) is 7.05 Å². The van der Waals surface area contributed by atoms with Crippen molar-refractivity contribution in [1.29, 1.82) is 0 Å². The summed E-state index contributed by atoms with van der Waals surface area (Å²) in [5, 5.41) is 1.57. The molecule has 0 fully saturated rings. The van der Waals surface area contributed by atoms with Gasteiger partial charge in [0, 0.05) is 18.3 Å². The van der Waals surface area contributed by atoms with Gasteiger partial charge < -0.3 is 4.57 Å². The molecule has 2 aromatic rings. The molecule has 0 unspecified atom stereocenters. The minimum atomic E-state index is -0.0112. The van der Waals surface area contributed by atoms with Gasteiger partial charge in [0.15, 0.2) is 0 Å². The van der Waals surface area contributed by atoms with E-state index in [1.165, 1.54) is 0 Å². The summed E-state index contributed by atoms with van der Waals surface area (Å²) < 4.78 is 1.67. The second-order valence-electron chi connectivity index (χ2n) is 3.77. The summed E-state index contributed by atoms with van der Waals surface area (Å²) >= 11 is 0. The Balaban J connectivity index is 3.00. The third-order valence-electron chi connectivity index (χ3n) is 2.89. The lowest BCUT2D eigenvalue weighted by Crippen LogP contribution is -2.20. The second-order valence-corrected chi connectivity index (χ2v) is 3.77. The standard InChI is InChI=1S/C14H13NO/c1-4-10-7-6-8-11-9-12(5-2)15(3)14(16)13(10)11/h1,6-9H,5H2,2-3H3. The van der Waals surface area contributed by atoms with Crippen molar-refractivity contribution in [2.75, 3.05) is 0 Å². The minimum absolute atomic E-state index is 0.0112. The van der Waals surface area contributed by atoms with Crippen molar-refractivity contribution in [1.82, 2.24) is 4.57 Å². The molecule has 0 N–H and O–H groups in total. The van der Waals surface area contributed by atoms with E-state index in [4.69, 9.17) is 6.42 Å². The lowest BCUT2D eigenvalue weighted by atomic mass is 10.1. The molecule has 2 rings (SSSR count). The topological polar surface area (TPSA) is 22.0 Å². The molecule has 0 saturated heterocycles. The Morgan fingerprint density at radius 1 is 1.44 bits per heavy atom. The fraction of sp³-hybridized carbons (Fsp3) is 0.214. The summed E-state index contributed by atoms with van der Waals surface area (Å²) in [5.41, 5.74) is 1.68. The maximum atomic E-state index is 12.2. The molecule has 0 saturated carbocycles. The highest BCUT2D eigenvalue weighted by molar-refractivity contribution is 5.87. The van der Waals surface area contributed by atoms with Gasteiger partial charge in [0.1, 0.15) is 0 Å². The number of benzene rings is 1. The van der Waals surface area contributed by atoms with Gasteiger partial charge in [0.25, 0.3) is 5.56 Å². The zero-order valence-corrected chi connectivity index (χ0v) is 9.45. The van der Waals surface area contributed by atoms with Crippen molar-refractivity contribution in [3.8, 4) is 12.3 Å². The predicted molar refractivity (Wildman–Crippen MR) is 66.5 cm³/mol. The van der Waals surface area contributed by atoms with Gasteiger partial charge in [-0.2, -0.15) is 0 Å². The number of hydrogen-bond acceptors (Lipinski definition) is 1. The monoisotopic (exact) mass is 211 g/mol. The summed E-state index contributed by atoms with van der Waals surface area (Å²) in [6.07, 6.45) is 6.24. The third kappa shape index (κ3) is 1.42. The maximum absolute atomic E-state index is 12.2. The molecule has 0 atom stereocenters. The summed E-state index contributed by atoms with van der Waals surface area (Å²) in [6, 6.07) is 7.64. The van der Waals surface area contributed by atoms with Crippen LogP contribution in [-0.4, -0.2) is 4.57 Å². The van der Waals surface area contributed by atoms with Crippen molar-refractivity contribution in [3.05, 3.63) is 45.9 Å². The maximum Gasteiger partial charge on any atom is 0.259 e. The van der Waals surface area contributed by atoms with E-state index in [-0.39, 0.29) is 5.56 Å². The molecule has 0 aliphatic carbocycles. The van der Waals surface area contributed by atoms with Crippen LogP contribution < -0.4 is 5.56 Å². The van der Waals surface area contributed by atoms with E-state index in [0.717, 1.165) is 17.5 Å². The van der Waals surface area contributed by atoms with E-state index in [2.05, 4.69) is 5.92 Å². The van der Waals surface area contributed by atoms with Crippen LogP contribution in [0.2, 0.25) is 0 Å². The fourth-order valence-electron chi connectivity index (χ4n) is 1.96. The fourth-order valence-corrected chi connectivity index (χ4v) is 1.96. The number of terminal acetylenes is 1. The highest BCUT2D eigenvalue weighted by Crippen LogP contribution is 2.15. The molecule has 0 aliphatic heterocycles. The molecular weight excluding hydrogens is 198 g/mol. The van der Waals surface area contributed by atoms with Crippen LogP contribution in [0.1, 0.15) is 18.2 Å². The van der Waals surface area contributed by atoms with Crippen LogP contribution in [0.4, 0.5) is 0 Å². The van der Waals surface area contributed by atoms with Crippen molar-refractivity contribution in [2.45, 2.75) is 13.3 Å². The van der Waals surface area contributed by atoms with Crippen LogP contribution in [0.15, 0.2) is 29.1 Å². The van der Waals surface area contributed by atoms with E-state index in [0.29, 0.717) is 10.9 Å². The van der Waals surface area contributed by atoms with Crippen LogP contribution in [-0.2, 0) is 13.5 Å². The normalized spacial score (nSPS) is 10.3. The highest BCUT2D eigenvalue weighted by atomic mass is 16.1. The smallest absolute Gasteiger partial charge is 0.259 e. The van der Waals surface area contributed by atoms with Crippen molar-refractivity contribution in [3.63, 3.8) is 0 Å². The molecule has 1 heterocycles. The van der Waals surface area contributed by atoms with E-state index in [1.807, 2.05) is 25.1 Å². The molecule has 0 spiro atoms. The lowest BCUT2D eigenvalue weighted by molar-refractivity contribution is 0.793. The Hall–Kier alpha value is -2.01. The van der Waals surface area contributed by atoms with E-state index >= 15 is 0 Å². The zero-order chi connectivity index (χ0) is 11.7. The number of aryl methyl sites for hydroxylation is 1. The number of fused-ring (bicyclic) bond motifs is 1. The molecular formula is C14H13NO. The van der Waals surface area contributed by atoms with E-state index < -0.39 is 0 Å². The number of hydrogen-bond donors (Lipinski definition) is 0. The lowest BCUT2D eigenvalue weighted by Gasteiger charge is -2.09. The van der Waals surface area contributed by atoms with Gasteiger partial charge in [-0.1, -0.05) is 25.0 Å². The first kappa shape index (κ1) is 10.5. The van der Waals surface area contributed by atoms with Gasteiger partial charge in [-0.25, -0.2) is 0 Å². The van der Waals surface area contributed by atoms with Crippen LogP contribution in [0.25, 0.3) is 10.8 Å². The predicted octanol–water partition coefficient (Wildman–Crippen LogP) is 2.08. The largest absolute Gasteiger partial charge is 0.315 e. The Morgan fingerprint density at radius 3 is 2.81 bits per heavy atom. The van der Waals surface area contributed by atoms with Gasteiger partial charge in [0.05, 0.1) is 5.39 Å². The van der Waals surface area contributed by atoms with Gasteiger partial charge in [-0.05, 0) is 23.9 Å². The summed E-state index contributed by atoms with van der Waals surface area (Å²) in [6.45, 7) is 2.03. The first-order valence-corrected chi connectivity index (χ1v) is 5.27. The van der Waals surface area contributed by atoms with Crippen LogP contribution >= 0.6 is 0 Å². The first-order chi connectivity index (χ1) is 7.69. The molecule has 0 aliphatic rings. The Bertz CT molecular complexity index is 644. The quantitative estimate of drug-likeness (QED) is 0.662. The van der Waals surface area contributed by atoms with E-state index in [1.54, 1.807) is 17.7 Å². The molecule has 16 heavy (non-hydrogen) atoms. The Kier molecular flexibility index (Phi) is 2.54. The average molecular weight is 211 g/mol. The first-order valence-electron chi connectivity index (χ1n) is 5.27. The zero-order valence-electron chi connectivity index (χ0n) is 9.45. The molecule has 1 aromatic heterocycles. The van der Waals surface area contributed by atoms with Crippen molar-refractivity contribution < 1.29 is 0 Å². The van der Waals surface area contributed by atoms with E-state index in [9.17, 15) is 4.79 Å². The molecule has 0 bridgehead atoms. The minimum Gasteiger partial charge on any atom is -0.315 e. The molecule has 0 amide bonds. The number of pyridine rings is 1. The molecule has 2 nitrogen and oxygen atoms in total. The molecule has 0 radical (unpaired) electrons. The number of nitrogens with zero attached hydrogens (tertiary/aromatic N) is 1. The highest BCUT2D eigenvalue weighted by Gasteiger charge is 2.07. The van der Waals surface area contributed by atoms with Gasteiger partial charge in [0.2, 0.25) is 0 Å². The number of rotatable bonds is 1. The summed E-state index contributed by atoms with van der Waals surface area (Å²) in [4.78, 5) is 12.2.